The number of nitrogens with zero attached hydrogens (tertiary/aromatic N) is 2. The third-order valence-corrected chi connectivity index (χ3v) is 2.43. The summed E-state index contributed by atoms with van der Waals surface area (Å²) in [5.41, 5.74) is 0. The van der Waals surface area contributed by atoms with E-state index in [1.807, 2.05) is 13.8 Å². The van der Waals surface area contributed by atoms with Gasteiger partial charge in [-0.1, -0.05) is 13.8 Å². The van der Waals surface area contributed by atoms with Crippen molar-refractivity contribution in [1.29, 1.82) is 0 Å². The Labute approximate surface area is 82.3 Å². The third kappa shape index (κ3) is 4.60. The van der Waals surface area contributed by atoms with Crippen LogP contribution in [0.25, 0.3) is 0 Å². The highest BCUT2D eigenvalue weighted by molar-refractivity contribution is 4.73. The van der Waals surface area contributed by atoms with Crippen molar-refractivity contribution in [3.63, 3.8) is 0 Å². The maximum atomic E-state index is 8.90. The molecule has 1 saturated heterocycles. The molecule has 1 N–H and O–H groups in total. The van der Waals surface area contributed by atoms with Crippen LogP contribution >= 0.6 is 0 Å². The topological polar surface area (TPSA) is 26.7 Å². The minimum Gasteiger partial charge on any atom is -0.395 e. The van der Waals surface area contributed by atoms with Gasteiger partial charge in [0, 0.05) is 32.2 Å². The van der Waals surface area contributed by atoms with Crippen molar-refractivity contribution < 1.29 is 5.11 Å². The van der Waals surface area contributed by atoms with Gasteiger partial charge in [0.2, 0.25) is 0 Å². The summed E-state index contributed by atoms with van der Waals surface area (Å²) in [5, 5.41) is 8.90. The van der Waals surface area contributed by atoms with Gasteiger partial charge in [0.05, 0.1) is 6.61 Å². The predicted octanol–water partition coefficient (Wildman–Crippen LogP) is 0.641. The van der Waals surface area contributed by atoms with E-state index < -0.39 is 0 Å². The highest BCUT2D eigenvalue weighted by Gasteiger charge is 2.17. The van der Waals surface area contributed by atoms with E-state index in [0.29, 0.717) is 6.04 Å². The fourth-order valence-electron chi connectivity index (χ4n) is 1.38. The molecular formula is C10H24N2O. The van der Waals surface area contributed by atoms with E-state index >= 15 is 0 Å². The zero-order valence-corrected chi connectivity index (χ0v) is 9.45. The molecule has 0 aromatic heterocycles. The molecule has 0 amide bonds. The van der Waals surface area contributed by atoms with E-state index in [4.69, 9.17) is 5.11 Å². The summed E-state index contributed by atoms with van der Waals surface area (Å²) < 4.78 is 0. The fourth-order valence-corrected chi connectivity index (χ4v) is 1.38. The lowest BCUT2D eigenvalue weighted by molar-refractivity contribution is 0.0838. The molecule has 0 saturated carbocycles. The average molecular weight is 188 g/mol. The molecule has 0 bridgehead atoms. The highest BCUT2D eigenvalue weighted by atomic mass is 16.3. The van der Waals surface area contributed by atoms with E-state index in [0.717, 1.165) is 26.2 Å². The summed E-state index contributed by atoms with van der Waals surface area (Å²) in [6, 6.07) is 0.337. The Morgan fingerprint density at radius 1 is 1.15 bits per heavy atom. The molecule has 1 rings (SSSR count). The summed E-state index contributed by atoms with van der Waals surface area (Å²) in [5.74, 6) is 0. The second-order valence-electron chi connectivity index (χ2n) is 3.37. The molecule has 0 aromatic rings. The Morgan fingerprint density at radius 3 is 2.00 bits per heavy atom. The largest absolute Gasteiger partial charge is 0.395 e. The van der Waals surface area contributed by atoms with Crippen LogP contribution < -0.4 is 0 Å². The summed E-state index contributed by atoms with van der Waals surface area (Å²) >= 11 is 0. The number of hydrogen-bond donors (Lipinski definition) is 1. The van der Waals surface area contributed by atoms with Crippen molar-refractivity contribution >= 4 is 0 Å². The van der Waals surface area contributed by atoms with Gasteiger partial charge in [-0.05, 0) is 14.0 Å². The van der Waals surface area contributed by atoms with E-state index in [1.165, 1.54) is 0 Å². The van der Waals surface area contributed by atoms with Crippen molar-refractivity contribution in [2.75, 3.05) is 39.8 Å². The van der Waals surface area contributed by atoms with Gasteiger partial charge >= 0.3 is 0 Å². The second-order valence-corrected chi connectivity index (χ2v) is 3.37. The number of likely N-dealkylation sites (N-methyl/N-ethyl adjacent to an activating group) is 1. The number of aliphatic hydroxyl groups is 1. The minimum atomic E-state index is 0.281. The van der Waals surface area contributed by atoms with Crippen molar-refractivity contribution in [1.82, 2.24) is 9.80 Å². The molecule has 1 heterocycles. The molecule has 1 fully saturated rings. The molecule has 1 aliphatic heterocycles. The number of aliphatic hydroxyl groups excluding tert-OH is 1. The molecular weight excluding hydrogens is 164 g/mol. The van der Waals surface area contributed by atoms with Crippen molar-refractivity contribution in [2.45, 2.75) is 26.8 Å². The maximum Gasteiger partial charge on any atom is 0.0584 e. The standard InChI is InChI=1S/C8H18N2O.C2H6/c1-8(7-11)10-5-3-9(2)4-6-10;1-2/h8,11H,3-7H2,1-2H3;1-2H3/t8-;/m1./s1. The molecule has 80 valence electrons. The van der Waals surface area contributed by atoms with E-state index in [2.05, 4.69) is 23.8 Å². The molecule has 0 aromatic carbocycles. The quantitative estimate of drug-likeness (QED) is 0.689. The first kappa shape index (κ1) is 12.9. The van der Waals surface area contributed by atoms with Gasteiger partial charge in [-0.2, -0.15) is 0 Å². The molecule has 1 aliphatic rings. The Bertz CT molecular complexity index is 111. The number of piperazine rings is 1. The Kier molecular flexibility index (Phi) is 7.23. The lowest BCUT2D eigenvalue weighted by Crippen LogP contribution is -2.49. The van der Waals surface area contributed by atoms with Crippen molar-refractivity contribution in [3.8, 4) is 0 Å². The van der Waals surface area contributed by atoms with Crippen molar-refractivity contribution in [2.24, 2.45) is 0 Å². The van der Waals surface area contributed by atoms with Crippen LogP contribution in [-0.2, 0) is 0 Å². The molecule has 0 radical (unpaired) electrons. The normalized spacial score (nSPS) is 21.9. The average Bonchev–Trinajstić information content (AvgIpc) is 2.21. The van der Waals surface area contributed by atoms with Crippen LogP contribution in [0.3, 0.4) is 0 Å². The predicted molar refractivity (Wildman–Crippen MR) is 57.0 cm³/mol. The van der Waals surface area contributed by atoms with E-state index in [1.54, 1.807) is 0 Å². The van der Waals surface area contributed by atoms with Crippen LogP contribution in [0.15, 0.2) is 0 Å². The second kappa shape index (κ2) is 7.30. The van der Waals surface area contributed by atoms with Crippen LogP contribution in [0.5, 0.6) is 0 Å². The summed E-state index contributed by atoms with van der Waals surface area (Å²) in [6.07, 6.45) is 0. The Hall–Kier alpha value is -0.120. The maximum absolute atomic E-state index is 8.90. The number of rotatable bonds is 2. The van der Waals surface area contributed by atoms with Crippen molar-refractivity contribution in [3.05, 3.63) is 0 Å². The first-order valence-electron chi connectivity index (χ1n) is 5.27. The van der Waals surface area contributed by atoms with E-state index in [9.17, 15) is 0 Å². The molecule has 13 heavy (non-hydrogen) atoms. The first-order chi connectivity index (χ1) is 6.24. The summed E-state index contributed by atoms with van der Waals surface area (Å²) in [6.45, 7) is 10.8. The van der Waals surface area contributed by atoms with Gasteiger partial charge in [-0.15, -0.1) is 0 Å². The monoisotopic (exact) mass is 188 g/mol. The summed E-state index contributed by atoms with van der Waals surface area (Å²) in [4.78, 5) is 4.65. The first-order valence-corrected chi connectivity index (χ1v) is 5.27. The van der Waals surface area contributed by atoms with Crippen LogP contribution in [-0.4, -0.2) is 60.8 Å². The van der Waals surface area contributed by atoms with Gasteiger partial charge < -0.3 is 10.0 Å². The molecule has 3 heteroatoms. The smallest absolute Gasteiger partial charge is 0.0584 e. The fraction of sp³-hybridized carbons (Fsp3) is 1.00. The lowest BCUT2D eigenvalue weighted by atomic mass is 10.2. The van der Waals surface area contributed by atoms with Gasteiger partial charge in [-0.25, -0.2) is 0 Å². The SMILES string of the molecule is CC.C[C@H](CO)N1CCN(C)CC1. The Balaban J connectivity index is 0.000000671. The van der Waals surface area contributed by atoms with E-state index in [-0.39, 0.29) is 6.61 Å². The van der Waals surface area contributed by atoms with Gasteiger partial charge in [0.25, 0.3) is 0 Å². The minimum absolute atomic E-state index is 0.281. The third-order valence-electron chi connectivity index (χ3n) is 2.43. The molecule has 0 unspecified atom stereocenters. The van der Waals surface area contributed by atoms with Crippen LogP contribution in [0.1, 0.15) is 20.8 Å². The van der Waals surface area contributed by atoms with Gasteiger partial charge in [-0.3, -0.25) is 4.90 Å². The van der Waals surface area contributed by atoms with Crippen LogP contribution in [0.2, 0.25) is 0 Å². The zero-order chi connectivity index (χ0) is 10.3. The molecule has 0 aliphatic carbocycles. The Morgan fingerprint density at radius 2 is 1.62 bits per heavy atom. The molecule has 0 spiro atoms. The van der Waals surface area contributed by atoms with Crippen LogP contribution in [0, 0.1) is 0 Å². The lowest BCUT2D eigenvalue weighted by Gasteiger charge is -2.35. The zero-order valence-electron chi connectivity index (χ0n) is 9.45. The molecule has 1 atom stereocenters. The van der Waals surface area contributed by atoms with Gasteiger partial charge in [0.15, 0.2) is 0 Å². The summed E-state index contributed by atoms with van der Waals surface area (Å²) in [7, 11) is 2.14. The highest BCUT2D eigenvalue weighted by Crippen LogP contribution is 2.03. The van der Waals surface area contributed by atoms with Crippen LogP contribution in [0.4, 0.5) is 0 Å². The van der Waals surface area contributed by atoms with Gasteiger partial charge in [0.1, 0.15) is 0 Å². The molecule has 3 nitrogen and oxygen atoms in total. The number of hydrogen-bond acceptors (Lipinski definition) is 3.